The molecule has 2 heterocycles. The van der Waals surface area contributed by atoms with Gasteiger partial charge in [-0.2, -0.15) is 0 Å². The maximum atomic E-state index is 12.5. The fraction of sp³-hybridized carbons (Fsp3) is 0.579. The van der Waals surface area contributed by atoms with Crippen LogP contribution in [0.1, 0.15) is 31.2 Å². The van der Waals surface area contributed by atoms with Crippen LogP contribution in [0, 0.1) is 0 Å². The molecule has 6 heteroatoms. The second-order valence-electron chi connectivity index (χ2n) is 6.64. The van der Waals surface area contributed by atoms with Crippen molar-refractivity contribution in [1.29, 1.82) is 0 Å². The van der Waals surface area contributed by atoms with Crippen molar-refractivity contribution in [1.82, 2.24) is 9.80 Å². The Labute approximate surface area is 148 Å². The standard InChI is InChI=1S/C19H26N2O4/c1-20(14-15-6-3-2-4-7-15)17(22)9-10-18(23)21-11-5-8-16(21)19-24-12-13-25-19/h2-4,6-7,16,19H,5,8-14H2,1H3. The Morgan fingerprint density at radius 3 is 2.60 bits per heavy atom. The molecule has 0 spiro atoms. The van der Waals surface area contributed by atoms with E-state index in [9.17, 15) is 9.59 Å². The lowest BCUT2D eigenvalue weighted by Crippen LogP contribution is -2.43. The molecule has 2 aliphatic heterocycles. The largest absolute Gasteiger partial charge is 0.348 e. The summed E-state index contributed by atoms with van der Waals surface area (Å²) in [6, 6.07) is 9.84. The number of carbonyl (C=O) groups excluding carboxylic acids is 2. The lowest BCUT2D eigenvalue weighted by atomic mass is 10.2. The SMILES string of the molecule is CN(Cc1ccccc1)C(=O)CCC(=O)N1CCCC1C1OCCO1. The van der Waals surface area contributed by atoms with Crippen LogP contribution in [0.5, 0.6) is 0 Å². The predicted octanol–water partition coefficient (Wildman–Crippen LogP) is 1.79. The van der Waals surface area contributed by atoms with Gasteiger partial charge in [-0.05, 0) is 18.4 Å². The molecule has 2 amide bonds. The van der Waals surface area contributed by atoms with E-state index in [0.29, 0.717) is 19.8 Å². The summed E-state index contributed by atoms with van der Waals surface area (Å²) in [6.45, 7) is 2.46. The fourth-order valence-corrected chi connectivity index (χ4v) is 3.48. The Bertz CT molecular complexity index is 586. The van der Waals surface area contributed by atoms with E-state index in [4.69, 9.17) is 9.47 Å². The number of hydrogen-bond acceptors (Lipinski definition) is 4. The highest BCUT2D eigenvalue weighted by atomic mass is 16.7. The highest BCUT2D eigenvalue weighted by Crippen LogP contribution is 2.25. The zero-order valence-corrected chi connectivity index (χ0v) is 14.7. The van der Waals surface area contributed by atoms with E-state index in [-0.39, 0.29) is 37.0 Å². The molecule has 6 nitrogen and oxygen atoms in total. The van der Waals surface area contributed by atoms with Crippen LogP contribution in [-0.4, -0.2) is 60.8 Å². The highest BCUT2D eigenvalue weighted by molar-refractivity contribution is 5.84. The molecule has 0 radical (unpaired) electrons. The first-order chi connectivity index (χ1) is 12.1. The van der Waals surface area contributed by atoms with Gasteiger partial charge in [0, 0.05) is 33.0 Å². The van der Waals surface area contributed by atoms with Crippen molar-refractivity contribution in [2.75, 3.05) is 26.8 Å². The summed E-state index contributed by atoms with van der Waals surface area (Å²) in [4.78, 5) is 28.4. The summed E-state index contributed by atoms with van der Waals surface area (Å²) in [6.07, 6.45) is 2.03. The molecule has 2 aliphatic rings. The average molecular weight is 346 g/mol. The van der Waals surface area contributed by atoms with Crippen molar-refractivity contribution in [3.63, 3.8) is 0 Å². The van der Waals surface area contributed by atoms with Crippen LogP contribution >= 0.6 is 0 Å². The Morgan fingerprint density at radius 1 is 1.16 bits per heavy atom. The first-order valence-electron chi connectivity index (χ1n) is 8.96. The monoisotopic (exact) mass is 346 g/mol. The van der Waals surface area contributed by atoms with Gasteiger partial charge in [0.1, 0.15) is 0 Å². The van der Waals surface area contributed by atoms with Gasteiger partial charge in [0.15, 0.2) is 6.29 Å². The molecular formula is C19H26N2O4. The summed E-state index contributed by atoms with van der Waals surface area (Å²) in [5, 5.41) is 0. The van der Waals surface area contributed by atoms with Crippen LogP contribution in [0.3, 0.4) is 0 Å². The normalized spacial score (nSPS) is 20.8. The minimum absolute atomic E-state index is 0.00727. The zero-order chi connectivity index (χ0) is 17.6. The van der Waals surface area contributed by atoms with E-state index in [1.807, 2.05) is 35.2 Å². The summed E-state index contributed by atoms with van der Waals surface area (Å²) in [7, 11) is 1.78. The van der Waals surface area contributed by atoms with Crippen molar-refractivity contribution < 1.29 is 19.1 Å². The Kier molecular flexibility index (Phi) is 6.04. The smallest absolute Gasteiger partial charge is 0.223 e. The molecule has 3 rings (SSSR count). The van der Waals surface area contributed by atoms with Gasteiger partial charge < -0.3 is 19.3 Å². The van der Waals surface area contributed by atoms with Crippen LogP contribution in [0.4, 0.5) is 0 Å². The molecule has 0 N–H and O–H groups in total. The number of hydrogen-bond donors (Lipinski definition) is 0. The lowest BCUT2D eigenvalue weighted by molar-refractivity contribution is -0.144. The van der Waals surface area contributed by atoms with Crippen LogP contribution < -0.4 is 0 Å². The average Bonchev–Trinajstić information content (AvgIpc) is 3.30. The molecule has 25 heavy (non-hydrogen) atoms. The predicted molar refractivity (Wildman–Crippen MR) is 92.6 cm³/mol. The molecule has 0 aromatic heterocycles. The van der Waals surface area contributed by atoms with Gasteiger partial charge in [-0.15, -0.1) is 0 Å². The molecule has 2 saturated heterocycles. The van der Waals surface area contributed by atoms with Gasteiger partial charge in [0.2, 0.25) is 11.8 Å². The summed E-state index contributed by atoms with van der Waals surface area (Å²) in [5.74, 6) is 0.00405. The topological polar surface area (TPSA) is 59.1 Å². The molecule has 136 valence electrons. The molecule has 1 aromatic rings. The fourth-order valence-electron chi connectivity index (χ4n) is 3.48. The molecular weight excluding hydrogens is 320 g/mol. The van der Waals surface area contributed by atoms with Crippen LogP contribution in [0.25, 0.3) is 0 Å². The highest BCUT2D eigenvalue weighted by Gasteiger charge is 2.37. The van der Waals surface area contributed by atoms with Crippen LogP contribution in [-0.2, 0) is 25.6 Å². The number of nitrogens with zero attached hydrogens (tertiary/aromatic N) is 2. The van der Waals surface area contributed by atoms with E-state index < -0.39 is 0 Å². The van der Waals surface area contributed by atoms with E-state index in [1.54, 1.807) is 11.9 Å². The minimum Gasteiger partial charge on any atom is -0.348 e. The maximum Gasteiger partial charge on any atom is 0.223 e. The second kappa shape index (κ2) is 8.45. The summed E-state index contributed by atoms with van der Waals surface area (Å²) in [5.41, 5.74) is 1.08. The van der Waals surface area contributed by atoms with Gasteiger partial charge >= 0.3 is 0 Å². The molecule has 1 atom stereocenters. The van der Waals surface area contributed by atoms with E-state index in [1.165, 1.54) is 0 Å². The first kappa shape index (κ1) is 17.9. The van der Waals surface area contributed by atoms with E-state index in [2.05, 4.69) is 0 Å². The van der Waals surface area contributed by atoms with Crippen molar-refractivity contribution in [3.8, 4) is 0 Å². The quantitative estimate of drug-likeness (QED) is 0.788. The van der Waals surface area contributed by atoms with Crippen LogP contribution in [0.15, 0.2) is 30.3 Å². The second-order valence-corrected chi connectivity index (χ2v) is 6.64. The molecule has 2 fully saturated rings. The van der Waals surface area contributed by atoms with Crippen LogP contribution in [0.2, 0.25) is 0 Å². The Morgan fingerprint density at radius 2 is 1.88 bits per heavy atom. The van der Waals surface area contributed by atoms with Gasteiger partial charge in [0.25, 0.3) is 0 Å². The lowest BCUT2D eigenvalue weighted by Gasteiger charge is -2.28. The molecule has 1 unspecified atom stereocenters. The number of ether oxygens (including phenoxy) is 2. The van der Waals surface area contributed by atoms with Gasteiger partial charge in [-0.25, -0.2) is 0 Å². The molecule has 1 aromatic carbocycles. The number of likely N-dealkylation sites (tertiary alicyclic amines) is 1. The number of carbonyl (C=O) groups is 2. The van der Waals surface area contributed by atoms with Crippen molar-refractivity contribution >= 4 is 11.8 Å². The minimum atomic E-state index is -0.303. The van der Waals surface area contributed by atoms with E-state index in [0.717, 1.165) is 24.9 Å². The summed E-state index contributed by atoms with van der Waals surface area (Å²) >= 11 is 0. The summed E-state index contributed by atoms with van der Waals surface area (Å²) < 4.78 is 11.1. The Hall–Kier alpha value is -1.92. The van der Waals surface area contributed by atoms with E-state index >= 15 is 0 Å². The third kappa shape index (κ3) is 4.58. The third-order valence-electron chi connectivity index (χ3n) is 4.82. The van der Waals surface area contributed by atoms with Gasteiger partial charge in [-0.1, -0.05) is 30.3 Å². The Balaban J connectivity index is 1.47. The number of amides is 2. The maximum absolute atomic E-state index is 12.5. The van der Waals surface area contributed by atoms with Crippen molar-refractivity contribution in [3.05, 3.63) is 35.9 Å². The zero-order valence-electron chi connectivity index (χ0n) is 14.7. The number of rotatable bonds is 6. The molecule has 0 saturated carbocycles. The van der Waals surface area contributed by atoms with Gasteiger partial charge in [0.05, 0.1) is 19.3 Å². The first-order valence-corrected chi connectivity index (χ1v) is 8.96. The molecule has 0 bridgehead atoms. The van der Waals surface area contributed by atoms with Crippen molar-refractivity contribution in [2.45, 2.75) is 44.6 Å². The van der Waals surface area contributed by atoms with Gasteiger partial charge in [-0.3, -0.25) is 9.59 Å². The third-order valence-corrected chi connectivity index (χ3v) is 4.82. The number of benzene rings is 1. The van der Waals surface area contributed by atoms with Crippen molar-refractivity contribution in [2.24, 2.45) is 0 Å². The molecule has 0 aliphatic carbocycles.